The van der Waals surface area contributed by atoms with Gasteiger partial charge >= 0.3 is 6.03 Å². The maximum atomic E-state index is 12.0. The van der Waals surface area contributed by atoms with Gasteiger partial charge < -0.3 is 15.5 Å². The van der Waals surface area contributed by atoms with Crippen molar-refractivity contribution in [3.05, 3.63) is 64.6 Å². The second-order valence-corrected chi connectivity index (χ2v) is 7.45. The smallest absolute Gasteiger partial charge is 0.319 e. The molecule has 25 heavy (non-hydrogen) atoms. The van der Waals surface area contributed by atoms with E-state index < -0.39 is 0 Å². The first-order valence-electron chi connectivity index (χ1n) is 8.76. The molecule has 0 saturated carbocycles. The summed E-state index contributed by atoms with van der Waals surface area (Å²) in [6.45, 7) is 3.99. The molecule has 2 amide bonds. The molecule has 0 radical (unpaired) electrons. The quantitative estimate of drug-likeness (QED) is 0.763. The Morgan fingerprint density at radius 1 is 1.12 bits per heavy atom. The monoisotopic (exact) mass is 401 g/mol. The van der Waals surface area contributed by atoms with Crippen molar-refractivity contribution in [1.29, 1.82) is 0 Å². The second-order valence-electron chi connectivity index (χ2n) is 6.53. The van der Waals surface area contributed by atoms with E-state index in [1.165, 1.54) is 5.56 Å². The van der Waals surface area contributed by atoms with Crippen LogP contribution in [0.25, 0.3) is 0 Å². The number of hydrogen-bond donors (Lipinski definition) is 2. The van der Waals surface area contributed by atoms with Crippen molar-refractivity contribution in [2.75, 3.05) is 31.5 Å². The first-order chi connectivity index (χ1) is 12.2. The molecular weight excluding hydrogens is 378 g/mol. The summed E-state index contributed by atoms with van der Waals surface area (Å²) in [4.78, 5) is 14.5. The zero-order valence-corrected chi connectivity index (χ0v) is 15.8. The average molecular weight is 402 g/mol. The molecule has 0 bridgehead atoms. The van der Waals surface area contributed by atoms with Crippen LogP contribution in [0, 0.1) is 5.92 Å². The fraction of sp³-hybridized carbons (Fsp3) is 0.350. The van der Waals surface area contributed by atoms with Gasteiger partial charge in [-0.15, -0.1) is 0 Å². The summed E-state index contributed by atoms with van der Waals surface area (Å²) in [5.74, 6) is 0.534. The van der Waals surface area contributed by atoms with E-state index in [1.807, 2.05) is 24.3 Å². The molecule has 132 valence electrons. The Kier molecular flexibility index (Phi) is 6.48. The molecule has 1 atom stereocenters. The van der Waals surface area contributed by atoms with E-state index in [0.29, 0.717) is 5.92 Å². The number of carbonyl (C=O) groups is 1. The standard InChI is InChI=1S/C20H24BrN3O/c21-18-6-8-19(9-7-18)23-20(25)22-14-17-11-13-24(15-17)12-10-16-4-2-1-3-5-16/h1-9,17H,10-15H2,(H2,22,23,25)/t17-/m0/s1. The van der Waals surface area contributed by atoms with Crippen LogP contribution in [0.1, 0.15) is 12.0 Å². The predicted octanol–water partition coefficient (Wildman–Crippen LogP) is 4.14. The highest BCUT2D eigenvalue weighted by Crippen LogP contribution is 2.17. The Labute approximate surface area is 157 Å². The van der Waals surface area contributed by atoms with Gasteiger partial charge in [-0.05, 0) is 55.1 Å². The Hall–Kier alpha value is -1.85. The summed E-state index contributed by atoms with van der Waals surface area (Å²) in [5, 5.41) is 5.86. The third-order valence-corrected chi connectivity index (χ3v) is 5.11. The third-order valence-electron chi connectivity index (χ3n) is 4.58. The van der Waals surface area contributed by atoms with E-state index >= 15 is 0 Å². The van der Waals surface area contributed by atoms with E-state index in [1.54, 1.807) is 0 Å². The molecule has 0 aromatic heterocycles. The molecule has 1 heterocycles. The molecule has 1 saturated heterocycles. The first kappa shape index (κ1) is 18.0. The van der Waals surface area contributed by atoms with Crippen molar-refractivity contribution in [3.8, 4) is 0 Å². The molecule has 2 aromatic rings. The van der Waals surface area contributed by atoms with Crippen molar-refractivity contribution >= 4 is 27.6 Å². The van der Waals surface area contributed by atoms with Crippen LogP contribution in [-0.2, 0) is 6.42 Å². The summed E-state index contributed by atoms with van der Waals surface area (Å²) in [6.07, 6.45) is 2.23. The first-order valence-corrected chi connectivity index (χ1v) is 9.55. The van der Waals surface area contributed by atoms with Gasteiger partial charge in [-0.1, -0.05) is 46.3 Å². The van der Waals surface area contributed by atoms with Gasteiger partial charge in [-0.2, -0.15) is 0 Å². The summed E-state index contributed by atoms with van der Waals surface area (Å²) in [7, 11) is 0. The molecule has 1 fully saturated rings. The zero-order chi connectivity index (χ0) is 17.5. The van der Waals surface area contributed by atoms with Gasteiger partial charge in [0.2, 0.25) is 0 Å². The number of urea groups is 1. The van der Waals surface area contributed by atoms with Gasteiger partial charge in [0.1, 0.15) is 0 Å². The van der Waals surface area contributed by atoms with Crippen LogP contribution in [-0.4, -0.2) is 37.1 Å². The highest BCUT2D eigenvalue weighted by Gasteiger charge is 2.22. The third kappa shape index (κ3) is 5.87. The van der Waals surface area contributed by atoms with Crippen LogP contribution in [0.5, 0.6) is 0 Å². The lowest BCUT2D eigenvalue weighted by molar-refractivity contribution is 0.249. The largest absolute Gasteiger partial charge is 0.338 e. The number of amides is 2. The fourth-order valence-corrected chi connectivity index (χ4v) is 3.42. The lowest BCUT2D eigenvalue weighted by atomic mass is 10.1. The second kappa shape index (κ2) is 9.02. The molecule has 1 aliphatic heterocycles. The van der Waals surface area contributed by atoms with Gasteiger partial charge in [0.15, 0.2) is 0 Å². The number of nitrogens with zero attached hydrogens (tertiary/aromatic N) is 1. The maximum absolute atomic E-state index is 12.0. The minimum absolute atomic E-state index is 0.134. The molecule has 4 nitrogen and oxygen atoms in total. The van der Waals surface area contributed by atoms with Crippen LogP contribution in [0.3, 0.4) is 0 Å². The Morgan fingerprint density at radius 2 is 1.88 bits per heavy atom. The Morgan fingerprint density at radius 3 is 2.64 bits per heavy atom. The predicted molar refractivity (Wildman–Crippen MR) is 106 cm³/mol. The molecule has 5 heteroatoms. The molecule has 0 aliphatic carbocycles. The van der Waals surface area contributed by atoms with E-state index in [9.17, 15) is 4.79 Å². The van der Waals surface area contributed by atoms with Crippen LogP contribution >= 0.6 is 15.9 Å². The minimum Gasteiger partial charge on any atom is -0.338 e. The van der Waals surface area contributed by atoms with Crippen molar-refractivity contribution in [1.82, 2.24) is 10.2 Å². The van der Waals surface area contributed by atoms with Crippen molar-refractivity contribution in [2.45, 2.75) is 12.8 Å². The lowest BCUT2D eigenvalue weighted by Gasteiger charge is -2.16. The number of halogens is 1. The number of carbonyl (C=O) groups excluding carboxylic acids is 1. The van der Waals surface area contributed by atoms with Crippen LogP contribution < -0.4 is 10.6 Å². The number of nitrogens with one attached hydrogen (secondary N) is 2. The molecule has 0 spiro atoms. The van der Waals surface area contributed by atoms with E-state index in [2.05, 4.69) is 61.8 Å². The number of benzene rings is 2. The van der Waals surface area contributed by atoms with Gasteiger partial charge in [0.25, 0.3) is 0 Å². The highest BCUT2D eigenvalue weighted by molar-refractivity contribution is 9.10. The normalized spacial score (nSPS) is 17.4. The maximum Gasteiger partial charge on any atom is 0.319 e. The van der Waals surface area contributed by atoms with Gasteiger partial charge in [0, 0.05) is 29.8 Å². The van der Waals surface area contributed by atoms with E-state index in [4.69, 9.17) is 0 Å². The number of anilines is 1. The molecule has 0 unspecified atom stereocenters. The fourth-order valence-electron chi connectivity index (χ4n) is 3.16. The van der Waals surface area contributed by atoms with E-state index in [0.717, 1.165) is 49.2 Å². The van der Waals surface area contributed by atoms with Crippen LogP contribution in [0.4, 0.5) is 10.5 Å². The highest BCUT2D eigenvalue weighted by atomic mass is 79.9. The molecule has 1 aliphatic rings. The molecule has 3 rings (SSSR count). The molecule has 2 N–H and O–H groups in total. The molecular formula is C20H24BrN3O. The van der Waals surface area contributed by atoms with Crippen molar-refractivity contribution in [3.63, 3.8) is 0 Å². The SMILES string of the molecule is O=C(NC[C@@H]1CCN(CCc2ccccc2)C1)Nc1ccc(Br)cc1. The lowest BCUT2D eigenvalue weighted by Crippen LogP contribution is -2.34. The number of likely N-dealkylation sites (tertiary alicyclic amines) is 1. The van der Waals surface area contributed by atoms with Gasteiger partial charge in [-0.3, -0.25) is 0 Å². The van der Waals surface area contributed by atoms with Gasteiger partial charge in [0.05, 0.1) is 0 Å². The summed E-state index contributed by atoms with van der Waals surface area (Å²) < 4.78 is 1.00. The molecule has 2 aromatic carbocycles. The summed E-state index contributed by atoms with van der Waals surface area (Å²) in [5.41, 5.74) is 2.19. The summed E-state index contributed by atoms with van der Waals surface area (Å²) in [6, 6.07) is 18.1. The Bertz CT molecular complexity index is 675. The van der Waals surface area contributed by atoms with E-state index in [-0.39, 0.29) is 6.03 Å². The van der Waals surface area contributed by atoms with Crippen LogP contribution in [0.2, 0.25) is 0 Å². The Balaban J connectivity index is 1.35. The zero-order valence-electron chi connectivity index (χ0n) is 14.2. The summed E-state index contributed by atoms with van der Waals surface area (Å²) >= 11 is 3.39. The topological polar surface area (TPSA) is 44.4 Å². The van der Waals surface area contributed by atoms with Crippen molar-refractivity contribution in [2.24, 2.45) is 5.92 Å². The van der Waals surface area contributed by atoms with Crippen LogP contribution in [0.15, 0.2) is 59.1 Å². The number of rotatable bonds is 6. The van der Waals surface area contributed by atoms with Crippen molar-refractivity contribution < 1.29 is 4.79 Å². The van der Waals surface area contributed by atoms with Gasteiger partial charge in [-0.25, -0.2) is 4.79 Å². The minimum atomic E-state index is -0.134. The average Bonchev–Trinajstić information content (AvgIpc) is 3.09. The number of hydrogen-bond acceptors (Lipinski definition) is 2.